The molecule has 0 aliphatic heterocycles. The van der Waals surface area contributed by atoms with Gasteiger partial charge in [-0.25, -0.2) is 4.68 Å². The summed E-state index contributed by atoms with van der Waals surface area (Å²) in [6.07, 6.45) is 3.18. The van der Waals surface area contributed by atoms with Gasteiger partial charge in [0.2, 0.25) is 0 Å². The summed E-state index contributed by atoms with van der Waals surface area (Å²) in [5.41, 5.74) is 4.22. The number of hydrogen-bond donors (Lipinski definition) is 3. The lowest BCUT2D eigenvalue weighted by atomic mass is 10.2. The summed E-state index contributed by atoms with van der Waals surface area (Å²) in [6.45, 7) is 2.75. The number of carbonyl (C=O) groups excluding carboxylic acids is 3. The molecule has 9 nitrogen and oxygen atoms in total. The topological polar surface area (TPSA) is 111 Å². The van der Waals surface area contributed by atoms with Gasteiger partial charge >= 0.3 is 11.8 Å². The van der Waals surface area contributed by atoms with E-state index in [0.29, 0.717) is 40.4 Å². The van der Waals surface area contributed by atoms with E-state index in [1.54, 1.807) is 73.8 Å². The number of rotatable bonds is 10. The van der Waals surface area contributed by atoms with Gasteiger partial charge in [0, 0.05) is 21.2 Å². The number of methoxy groups -OCH3 is 1. The Morgan fingerprint density at radius 1 is 0.821 bits per heavy atom. The second-order valence-electron chi connectivity index (χ2n) is 8.73. The minimum Gasteiger partial charge on any atom is -0.497 e. The van der Waals surface area contributed by atoms with Crippen molar-refractivity contribution in [3.8, 4) is 11.5 Å². The van der Waals surface area contributed by atoms with Gasteiger partial charge in [-0.15, -0.1) is 0 Å². The number of fused-ring (bicyclic) bond motifs is 1. The molecule has 4 aromatic rings. The first-order valence-corrected chi connectivity index (χ1v) is 13.3. The average molecular weight is 593 g/mol. The summed E-state index contributed by atoms with van der Waals surface area (Å²) in [7, 11) is 1.56. The second kappa shape index (κ2) is 13.0. The molecule has 0 radical (unpaired) electrons. The Balaban J connectivity index is 1.48. The summed E-state index contributed by atoms with van der Waals surface area (Å²) >= 11 is 3.43. The molecular formula is C29H29BrN4O5. The smallest absolute Gasteiger partial charge is 0.328 e. The summed E-state index contributed by atoms with van der Waals surface area (Å²) in [4.78, 5) is 38.8. The normalized spacial score (nSPS) is 10.6. The number of amides is 3. The predicted octanol–water partition coefficient (Wildman–Crippen LogP) is 5.94. The van der Waals surface area contributed by atoms with Crippen LogP contribution in [0.5, 0.6) is 11.5 Å². The van der Waals surface area contributed by atoms with Crippen LogP contribution in [0.15, 0.2) is 77.3 Å². The van der Waals surface area contributed by atoms with Crippen LogP contribution >= 0.6 is 15.9 Å². The molecule has 0 unspecified atom stereocenters. The molecule has 3 aromatic carbocycles. The third-order valence-corrected chi connectivity index (χ3v) is 6.39. The van der Waals surface area contributed by atoms with Crippen molar-refractivity contribution in [3.63, 3.8) is 0 Å². The highest BCUT2D eigenvalue weighted by molar-refractivity contribution is 9.10. The van der Waals surface area contributed by atoms with Gasteiger partial charge in [-0.05, 0) is 79.2 Å². The summed E-state index contributed by atoms with van der Waals surface area (Å²) in [5, 5.41) is 6.07. The van der Waals surface area contributed by atoms with Crippen molar-refractivity contribution >= 4 is 55.9 Å². The SMILES string of the molecule is CCCCCOc1ccc(NC(=O)C(=O)Nn2c(C(=O)Nc3ccc(OC)cc3)cc3cc(Br)ccc32)cc1. The van der Waals surface area contributed by atoms with Crippen LogP contribution in [0.1, 0.15) is 36.7 Å². The fourth-order valence-corrected chi connectivity index (χ4v) is 4.24. The number of aromatic nitrogens is 1. The lowest BCUT2D eigenvalue weighted by Gasteiger charge is -2.13. The molecule has 202 valence electrons. The van der Waals surface area contributed by atoms with E-state index in [9.17, 15) is 14.4 Å². The first kappa shape index (κ1) is 27.7. The summed E-state index contributed by atoms with van der Waals surface area (Å²) in [6, 6.07) is 20.6. The maximum Gasteiger partial charge on any atom is 0.328 e. The zero-order chi connectivity index (χ0) is 27.8. The van der Waals surface area contributed by atoms with E-state index in [2.05, 4.69) is 38.9 Å². The Bertz CT molecular complexity index is 1470. The molecule has 39 heavy (non-hydrogen) atoms. The van der Waals surface area contributed by atoms with Crippen LogP contribution in [0, 0.1) is 0 Å². The van der Waals surface area contributed by atoms with E-state index in [4.69, 9.17) is 9.47 Å². The number of benzene rings is 3. The Hall–Kier alpha value is -4.31. The number of hydrogen-bond acceptors (Lipinski definition) is 5. The molecule has 0 atom stereocenters. The van der Waals surface area contributed by atoms with Crippen LogP contribution in [0.4, 0.5) is 11.4 Å². The van der Waals surface area contributed by atoms with Crippen molar-refractivity contribution in [1.29, 1.82) is 0 Å². The van der Waals surface area contributed by atoms with Gasteiger partial charge in [-0.3, -0.25) is 19.8 Å². The van der Waals surface area contributed by atoms with Gasteiger partial charge in [0.15, 0.2) is 0 Å². The molecule has 3 N–H and O–H groups in total. The zero-order valence-corrected chi connectivity index (χ0v) is 23.2. The molecule has 0 spiro atoms. The Labute approximate surface area is 234 Å². The van der Waals surface area contributed by atoms with Gasteiger partial charge in [0.05, 0.1) is 19.2 Å². The van der Waals surface area contributed by atoms with Gasteiger partial charge < -0.3 is 20.1 Å². The highest BCUT2D eigenvalue weighted by atomic mass is 79.9. The Morgan fingerprint density at radius 2 is 1.49 bits per heavy atom. The van der Waals surface area contributed by atoms with Crippen LogP contribution in [-0.2, 0) is 9.59 Å². The maximum absolute atomic E-state index is 13.2. The van der Waals surface area contributed by atoms with E-state index >= 15 is 0 Å². The number of ether oxygens (including phenoxy) is 2. The standard InChI is InChI=1S/C29H29BrN4O5/c1-3-4-5-16-39-24-13-9-22(10-14-24)32-28(36)29(37)33-34-25-15-6-20(30)17-19(25)18-26(34)27(35)31-21-7-11-23(38-2)12-8-21/h6-15,17-18H,3-5,16H2,1-2H3,(H,31,35)(H,32,36)(H,33,37). The van der Waals surface area contributed by atoms with Crippen molar-refractivity contribution in [2.24, 2.45) is 0 Å². The molecule has 4 rings (SSSR count). The van der Waals surface area contributed by atoms with Crippen LogP contribution in [-0.4, -0.2) is 36.1 Å². The highest BCUT2D eigenvalue weighted by Crippen LogP contribution is 2.24. The quantitative estimate of drug-likeness (QED) is 0.156. The van der Waals surface area contributed by atoms with Crippen LogP contribution < -0.4 is 25.5 Å². The van der Waals surface area contributed by atoms with Gasteiger partial charge in [0.1, 0.15) is 17.2 Å². The number of halogens is 1. The fourth-order valence-electron chi connectivity index (χ4n) is 3.86. The lowest BCUT2D eigenvalue weighted by Crippen LogP contribution is -2.36. The lowest BCUT2D eigenvalue weighted by molar-refractivity contribution is -0.133. The highest BCUT2D eigenvalue weighted by Gasteiger charge is 2.21. The van der Waals surface area contributed by atoms with Crippen LogP contribution in [0.25, 0.3) is 10.9 Å². The molecule has 0 saturated carbocycles. The van der Waals surface area contributed by atoms with Gasteiger partial charge in [-0.1, -0.05) is 35.7 Å². The number of nitrogens with one attached hydrogen (secondary N) is 3. The number of carbonyl (C=O) groups is 3. The molecule has 0 fully saturated rings. The third-order valence-electron chi connectivity index (χ3n) is 5.89. The van der Waals surface area contributed by atoms with Crippen molar-refractivity contribution in [3.05, 3.63) is 83.0 Å². The monoisotopic (exact) mass is 592 g/mol. The first-order valence-electron chi connectivity index (χ1n) is 12.5. The Morgan fingerprint density at radius 3 is 2.15 bits per heavy atom. The largest absolute Gasteiger partial charge is 0.497 e. The molecule has 10 heteroatoms. The molecule has 1 heterocycles. The number of nitrogens with zero attached hydrogens (tertiary/aromatic N) is 1. The van der Waals surface area contributed by atoms with Crippen LogP contribution in [0.2, 0.25) is 0 Å². The molecule has 3 amide bonds. The average Bonchev–Trinajstić information content (AvgIpc) is 3.29. The summed E-state index contributed by atoms with van der Waals surface area (Å²) in [5.74, 6) is -0.950. The minimum atomic E-state index is -0.936. The molecular weight excluding hydrogens is 564 g/mol. The molecule has 1 aromatic heterocycles. The molecule has 0 aliphatic carbocycles. The van der Waals surface area contributed by atoms with Gasteiger partial charge in [0.25, 0.3) is 5.91 Å². The van der Waals surface area contributed by atoms with Crippen molar-refractivity contribution in [1.82, 2.24) is 4.68 Å². The maximum atomic E-state index is 13.2. The number of unbranched alkanes of at least 4 members (excludes halogenated alkanes) is 2. The zero-order valence-electron chi connectivity index (χ0n) is 21.6. The van der Waals surface area contributed by atoms with Gasteiger partial charge in [-0.2, -0.15) is 0 Å². The molecule has 0 aliphatic rings. The molecule has 0 saturated heterocycles. The first-order chi connectivity index (χ1) is 18.9. The minimum absolute atomic E-state index is 0.143. The predicted molar refractivity (Wildman–Crippen MR) is 155 cm³/mol. The van der Waals surface area contributed by atoms with Crippen LogP contribution in [0.3, 0.4) is 0 Å². The molecule has 0 bridgehead atoms. The van der Waals surface area contributed by atoms with Crippen molar-refractivity contribution < 1.29 is 23.9 Å². The second-order valence-corrected chi connectivity index (χ2v) is 9.64. The fraction of sp³-hybridized carbons (Fsp3) is 0.207. The van der Waals surface area contributed by atoms with E-state index in [1.165, 1.54) is 4.68 Å². The number of anilines is 2. The Kier molecular flexibility index (Phi) is 9.22. The van der Waals surface area contributed by atoms with E-state index in [-0.39, 0.29) is 5.69 Å². The third kappa shape index (κ3) is 7.17. The van der Waals surface area contributed by atoms with E-state index in [1.807, 2.05) is 6.07 Å². The van der Waals surface area contributed by atoms with E-state index in [0.717, 1.165) is 23.7 Å². The summed E-state index contributed by atoms with van der Waals surface area (Å²) < 4.78 is 12.9. The van der Waals surface area contributed by atoms with E-state index < -0.39 is 17.7 Å². The van der Waals surface area contributed by atoms with Crippen molar-refractivity contribution in [2.75, 3.05) is 29.8 Å². The van der Waals surface area contributed by atoms with Crippen molar-refractivity contribution in [2.45, 2.75) is 26.2 Å².